The molecule has 5 rings (SSSR count). The minimum Gasteiger partial charge on any atom is -0.490 e. The molecule has 8 nitrogen and oxygen atoms in total. The molecule has 1 N–H and O–H groups in total. The lowest BCUT2D eigenvalue weighted by molar-refractivity contribution is -0.123. The van der Waals surface area contributed by atoms with Crippen LogP contribution in [0.2, 0.25) is 0 Å². The summed E-state index contributed by atoms with van der Waals surface area (Å²) in [6.45, 7) is 0.673. The lowest BCUT2D eigenvalue weighted by Gasteiger charge is -2.16. The van der Waals surface area contributed by atoms with E-state index in [2.05, 4.69) is 9.82 Å². The Balaban J connectivity index is 1.29. The highest BCUT2D eigenvalue weighted by molar-refractivity contribution is 8.26. The second-order valence-corrected chi connectivity index (χ2v) is 10.8. The monoisotopic (exact) mass is 537 g/mol. The molecular formula is C25H19N3O5S3. The van der Waals surface area contributed by atoms with Gasteiger partial charge in [-0.15, -0.1) is 4.40 Å². The number of amides is 1. The summed E-state index contributed by atoms with van der Waals surface area (Å²) in [5.41, 5.74) is 3.86. The lowest BCUT2D eigenvalue weighted by Crippen LogP contribution is -2.44. The fourth-order valence-electron chi connectivity index (χ4n) is 3.56. The number of carbonyl (C=O) groups is 1. The van der Waals surface area contributed by atoms with E-state index in [9.17, 15) is 13.2 Å². The van der Waals surface area contributed by atoms with Crippen molar-refractivity contribution in [2.75, 3.05) is 13.2 Å². The molecule has 0 aromatic heterocycles. The van der Waals surface area contributed by atoms with Gasteiger partial charge in [-0.05, 0) is 48.6 Å². The Labute approximate surface area is 217 Å². The Morgan fingerprint density at radius 3 is 2.47 bits per heavy atom. The number of carbonyl (C=O) groups excluding carboxylic acids is 1. The fourth-order valence-corrected chi connectivity index (χ4v) is 5.90. The van der Waals surface area contributed by atoms with E-state index in [4.69, 9.17) is 21.7 Å². The molecule has 1 fully saturated rings. The molecule has 182 valence electrons. The zero-order chi connectivity index (χ0) is 25.1. The van der Waals surface area contributed by atoms with Crippen LogP contribution in [0.4, 0.5) is 0 Å². The van der Waals surface area contributed by atoms with Crippen molar-refractivity contribution >= 4 is 56.1 Å². The van der Waals surface area contributed by atoms with Crippen LogP contribution in [0.3, 0.4) is 0 Å². The van der Waals surface area contributed by atoms with Gasteiger partial charge in [0.15, 0.2) is 10.2 Å². The predicted molar refractivity (Wildman–Crippen MR) is 142 cm³/mol. The first-order chi connectivity index (χ1) is 17.4. The average molecular weight is 538 g/mol. The fraction of sp³-hybridized carbons (Fsp3) is 0.0800. The summed E-state index contributed by atoms with van der Waals surface area (Å²) in [6.07, 6.45) is 1.69. The summed E-state index contributed by atoms with van der Waals surface area (Å²) in [6, 6.07) is 23.2. The summed E-state index contributed by atoms with van der Waals surface area (Å²) in [4.78, 5) is 13.6. The van der Waals surface area contributed by atoms with Gasteiger partial charge in [-0.1, -0.05) is 60.3 Å². The molecule has 0 atom stereocenters. The third kappa shape index (κ3) is 4.99. The number of hydrazine groups is 1. The average Bonchev–Trinajstić information content (AvgIpc) is 3.30. The van der Waals surface area contributed by atoms with Gasteiger partial charge in [0, 0.05) is 11.1 Å². The Morgan fingerprint density at radius 1 is 0.944 bits per heavy atom. The van der Waals surface area contributed by atoms with Gasteiger partial charge in [-0.25, -0.2) is 0 Å². The normalized spacial score (nSPS) is 17.2. The second-order valence-electron chi connectivity index (χ2n) is 7.59. The quantitative estimate of drug-likeness (QED) is 0.275. The summed E-state index contributed by atoms with van der Waals surface area (Å²) >= 11 is 6.48. The van der Waals surface area contributed by atoms with Crippen LogP contribution in [0, 0.1) is 0 Å². The van der Waals surface area contributed by atoms with E-state index in [1.165, 1.54) is 6.07 Å². The number of nitrogens with one attached hydrogen (secondary N) is 1. The number of ether oxygens (including phenoxy) is 2. The number of para-hydroxylation sites is 2. The molecule has 0 unspecified atom stereocenters. The summed E-state index contributed by atoms with van der Waals surface area (Å²) in [5.74, 6) is 0.974. The van der Waals surface area contributed by atoms with E-state index in [0.717, 1.165) is 22.5 Å². The van der Waals surface area contributed by atoms with Gasteiger partial charge in [0.2, 0.25) is 0 Å². The molecule has 1 amide bonds. The molecule has 11 heteroatoms. The molecule has 2 heterocycles. The Hall–Kier alpha value is -3.67. The zero-order valence-corrected chi connectivity index (χ0v) is 21.1. The van der Waals surface area contributed by atoms with Crippen molar-refractivity contribution in [3.8, 4) is 11.5 Å². The first-order valence-electron chi connectivity index (χ1n) is 10.8. The molecule has 2 aliphatic heterocycles. The van der Waals surface area contributed by atoms with Crippen molar-refractivity contribution in [2.24, 2.45) is 4.40 Å². The van der Waals surface area contributed by atoms with Crippen LogP contribution < -0.4 is 14.9 Å². The number of hydrogen-bond donors (Lipinski definition) is 1. The molecule has 0 spiro atoms. The van der Waals surface area contributed by atoms with E-state index >= 15 is 0 Å². The lowest BCUT2D eigenvalue weighted by atomic mass is 10.2. The highest BCUT2D eigenvalue weighted by Crippen LogP contribution is 2.34. The molecule has 0 saturated carbocycles. The van der Waals surface area contributed by atoms with E-state index in [1.54, 1.807) is 24.3 Å². The largest absolute Gasteiger partial charge is 0.490 e. The van der Waals surface area contributed by atoms with Gasteiger partial charge < -0.3 is 9.47 Å². The van der Waals surface area contributed by atoms with Crippen molar-refractivity contribution in [2.45, 2.75) is 4.90 Å². The van der Waals surface area contributed by atoms with Crippen molar-refractivity contribution < 1.29 is 22.7 Å². The number of nitrogens with zero attached hydrogens (tertiary/aromatic N) is 2. The highest BCUT2D eigenvalue weighted by atomic mass is 32.2. The van der Waals surface area contributed by atoms with Gasteiger partial charge >= 0.3 is 0 Å². The maximum atomic E-state index is 13.1. The summed E-state index contributed by atoms with van der Waals surface area (Å²) in [5, 5.41) is 1.12. The third-order valence-electron chi connectivity index (χ3n) is 5.20. The number of fused-ring (bicyclic) bond motifs is 1. The minimum absolute atomic E-state index is 0.0466. The molecule has 1 saturated heterocycles. The van der Waals surface area contributed by atoms with Gasteiger partial charge in [-0.2, -0.15) is 13.4 Å². The molecule has 3 aromatic carbocycles. The minimum atomic E-state index is -3.83. The van der Waals surface area contributed by atoms with Crippen molar-refractivity contribution in [1.82, 2.24) is 10.4 Å². The van der Waals surface area contributed by atoms with Gasteiger partial charge in [0.25, 0.3) is 15.9 Å². The van der Waals surface area contributed by atoms with Crippen LogP contribution in [0.25, 0.3) is 6.08 Å². The molecular weight excluding hydrogens is 518 g/mol. The number of hydrogen-bond acceptors (Lipinski definition) is 8. The Morgan fingerprint density at radius 2 is 1.64 bits per heavy atom. The SMILES string of the molecule is O=C1/C(=C/c2ccccc2OCCOc2ccccc2)SC(=S)N1NC1=NS(=O)(=O)c2ccccc21. The topological polar surface area (TPSA) is 97.3 Å². The number of thiocarbonyl (C=S) groups is 1. The number of amidine groups is 1. The third-order valence-corrected chi connectivity index (χ3v) is 7.84. The number of thioether (sulfide) groups is 1. The standard InChI is InChI=1S/C25H19N3O5S3/c29-24-21(16-17-8-4-6-12-20(17)33-15-14-32-18-9-2-1-3-10-18)35-25(34)28(24)26-23-19-11-5-7-13-22(19)36(30,31)27-23/h1-13,16H,14-15H2,(H,26,27)/b21-16-. The van der Waals surface area contributed by atoms with Crippen LogP contribution in [0.5, 0.6) is 11.5 Å². The maximum Gasteiger partial charge on any atom is 0.285 e. The van der Waals surface area contributed by atoms with Crippen LogP contribution in [-0.2, 0) is 14.8 Å². The van der Waals surface area contributed by atoms with Crippen LogP contribution in [0.1, 0.15) is 11.1 Å². The van der Waals surface area contributed by atoms with E-state index in [0.29, 0.717) is 35.0 Å². The van der Waals surface area contributed by atoms with Crippen LogP contribution >= 0.6 is 24.0 Å². The highest BCUT2D eigenvalue weighted by Gasteiger charge is 2.36. The molecule has 36 heavy (non-hydrogen) atoms. The second kappa shape index (κ2) is 10.1. The Kier molecular flexibility index (Phi) is 6.77. The first kappa shape index (κ1) is 24.0. The zero-order valence-electron chi connectivity index (χ0n) is 18.7. The van der Waals surface area contributed by atoms with Crippen molar-refractivity contribution in [1.29, 1.82) is 0 Å². The molecule has 0 bridgehead atoms. The van der Waals surface area contributed by atoms with Gasteiger partial charge in [0.05, 0.1) is 4.91 Å². The number of benzene rings is 3. The molecule has 2 aliphatic rings. The van der Waals surface area contributed by atoms with Crippen LogP contribution in [0.15, 0.2) is 93.1 Å². The smallest absolute Gasteiger partial charge is 0.285 e. The Bertz CT molecular complexity index is 1500. The molecule has 0 aliphatic carbocycles. The summed E-state index contributed by atoms with van der Waals surface area (Å²) < 4.78 is 40.2. The molecule has 0 radical (unpaired) electrons. The van der Waals surface area contributed by atoms with Gasteiger partial charge in [-0.3, -0.25) is 10.2 Å². The van der Waals surface area contributed by atoms with E-state index in [-0.39, 0.29) is 15.1 Å². The van der Waals surface area contributed by atoms with E-state index in [1.807, 2.05) is 54.6 Å². The predicted octanol–water partition coefficient (Wildman–Crippen LogP) is 4.00. The van der Waals surface area contributed by atoms with Crippen molar-refractivity contribution in [3.05, 3.63) is 94.9 Å². The summed E-state index contributed by atoms with van der Waals surface area (Å²) in [7, 11) is -3.83. The molecule has 3 aromatic rings. The first-order valence-corrected chi connectivity index (χ1v) is 13.5. The van der Waals surface area contributed by atoms with Crippen molar-refractivity contribution in [3.63, 3.8) is 0 Å². The van der Waals surface area contributed by atoms with Crippen LogP contribution in [-0.4, -0.2) is 42.7 Å². The number of rotatable bonds is 7. The van der Waals surface area contributed by atoms with E-state index < -0.39 is 15.9 Å². The number of sulfonamides is 1. The van der Waals surface area contributed by atoms with Gasteiger partial charge in [0.1, 0.15) is 29.6 Å². The maximum absolute atomic E-state index is 13.1.